The second-order valence-corrected chi connectivity index (χ2v) is 22.4. The van der Waals surface area contributed by atoms with Gasteiger partial charge in [-0.25, -0.2) is 0 Å². The molecule has 0 spiro atoms. The maximum Gasteiger partial charge on any atom is 0.322 e. The second-order valence-electron chi connectivity index (χ2n) is 21.4. The molecule has 9 amide bonds. The highest BCUT2D eigenvalue weighted by Crippen LogP contribution is 2.20. The van der Waals surface area contributed by atoms with Crippen LogP contribution < -0.4 is 70.8 Å². The fraction of sp³-hybridized carbons (Fsp3) is 0.679. The highest BCUT2D eigenvalue weighted by molar-refractivity contribution is 7.98. The van der Waals surface area contributed by atoms with Gasteiger partial charge in [-0.3, -0.25) is 47.9 Å². The number of amides is 9. The summed E-state index contributed by atoms with van der Waals surface area (Å²) < 4.78 is 0. The van der Waals surface area contributed by atoms with E-state index in [1.54, 1.807) is 59.0 Å². The molecule has 83 heavy (non-hydrogen) atoms. The standard InChI is InChI=1S/C56H96N14O12S/c1-8-33(5)46(69-48(74)37(60)19-12-15-24-57)55(81)65-40(22-14-17-26-59)50(76)64-41(23-27-83-7)51(77)68-45(32(3)4)54(80)70-47(34(6)9-2)56(82)67-43(31-71)53(79)66-42(28-35-29-61-38-20-11-10-18-36(35)38)52(78)63-39(21-13-16-25-58)49(75)62-30-44(72)73/h10-11,18,20,29,32-34,37,39-43,45-47,61,71H,8-9,12-17,19,21-28,30-31,57-60H2,1-7H3,(H,62,75)(H,63,78)(H,64,76)(H,65,81)(H,66,79)(H,67,82)(H,68,77)(H,69,74)(H,70,80)(H,72,73)/t33-,34-,37-,39-,40-,41-,42-,43-,45-,46-,47-/m0/s1. The van der Waals surface area contributed by atoms with Crippen LogP contribution in [0.1, 0.15) is 124 Å². The molecule has 0 aliphatic rings. The Hall–Kier alpha value is -6.39. The average molecular weight is 1190 g/mol. The van der Waals surface area contributed by atoms with Gasteiger partial charge in [0.25, 0.3) is 0 Å². The van der Waals surface area contributed by atoms with E-state index in [1.165, 1.54) is 11.8 Å². The fourth-order valence-corrected chi connectivity index (χ4v) is 9.38. The van der Waals surface area contributed by atoms with Gasteiger partial charge in [-0.1, -0.05) is 79.0 Å². The van der Waals surface area contributed by atoms with Gasteiger partial charge < -0.3 is 86.0 Å². The monoisotopic (exact) mass is 1190 g/mol. The van der Waals surface area contributed by atoms with Gasteiger partial charge in [0.2, 0.25) is 53.2 Å². The van der Waals surface area contributed by atoms with E-state index in [0.717, 1.165) is 10.9 Å². The lowest BCUT2D eigenvalue weighted by molar-refractivity contribution is -0.138. The van der Waals surface area contributed by atoms with Crippen molar-refractivity contribution in [1.29, 1.82) is 0 Å². The molecule has 0 saturated carbocycles. The smallest absolute Gasteiger partial charge is 0.322 e. The van der Waals surface area contributed by atoms with Crippen molar-refractivity contribution in [2.45, 2.75) is 179 Å². The molecule has 27 heteroatoms. The Balaban J connectivity index is 2.40. The SMILES string of the molecule is CC[C@H](C)[C@H](NC(=O)[C@@H](NC(=O)[C@H](CCSC)NC(=O)[C@H](CCCCN)NC(=O)[C@@H](NC(=O)[C@@H](N)CCCCN)[C@@H](C)CC)C(C)C)C(=O)N[C@@H](CO)C(=O)N[C@@H](Cc1c[nH]c2ccccc12)C(=O)N[C@@H](CCCCN)C(=O)NCC(=O)O. The molecule has 468 valence electrons. The first-order valence-electron chi connectivity index (χ1n) is 28.9. The number of carboxylic acid groups (broad SMARTS) is 1. The van der Waals surface area contributed by atoms with E-state index in [4.69, 9.17) is 22.9 Å². The summed E-state index contributed by atoms with van der Waals surface area (Å²) in [7, 11) is 0. The predicted molar refractivity (Wildman–Crippen MR) is 319 cm³/mol. The van der Waals surface area contributed by atoms with Crippen LogP contribution in [0, 0.1) is 17.8 Å². The third-order valence-corrected chi connectivity index (χ3v) is 15.1. The molecule has 0 saturated heterocycles. The zero-order valence-electron chi connectivity index (χ0n) is 49.4. The number of benzene rings is 1. The van der Waals surface area contributed by atoms with Gasteiger partial charge in [0.15, 0.2) is 0 Å². The van der Waals surface area contributed by atoms with Crippen molar-refractivity contribution in [1.82, 2.24) is 52.8 Å². The molecular formula is C56H96N14O12S. The number of aromatic nitrogens is 1. The molecule has 26 nitrogen and oxygen atoms in total. The molecule has 20 N–H and O–H groups in total. The quantitative estimate of drug-likeness (QED) is 0.0355. The van der Waals surface area contributed by atoms with Crippen LogP contribution in [0.2, 0.25) is 0 Å². The Bertz CT molecular complexity index is 2400. The Morgan fingerprint density at radius 1 is 0.542 bits per heavy atom. The highest BCUT2D eigenvalue weighted by atomic mass is 32.2. The first kappa shape index (κ1) is 72.7. The topological polar surface area (TPSA) is 439 Å². The number of aromatic amines is 1. The number of hydrogen-bond acceptors (Lipinski definition) is 16. The number of hydrogen-bond donors (Lipinski definition) is 16. The summed E-state index contributed by atoms with van der Waals surface area (Å²) in [5, 5.41) is 44.4. The average Bonchev–Trinajstić information content (AvgIpc) is 3.98. The Kier molecular flexibility index (Phi) is 34.3. The number of thioether (sulfide) groups is 1. The van der Waals surface area contributed by atoms with Crippen LogP contribution in [-0.2, 0) is 54.4 Å². The van der Waals surface area contributed by atoms with Crippen LogP contribution in [-0.4, -0.2) is 174 Å². The molecule has 11 atom stereocenters. The molecule has 2 aromatic rings. The number of unbranched alkanes of at least 4 members (excludes halogenated alkanes) is 3. The van der Waals surface area contributed by atoms with Crippen molar-refractivity contribution in [3.63, 3.8) is 0 Å². The Morgan fingerprint density at radius 2 is 0.976 bits per heavy atom. The van der Waals surface area contributed by atoms with Crippen LogP contribution in [0.15, 0.2) is 30.5 Å². The van der Waals surface area contributed by atoms with Crippen LogP contribution in [0.25, 0.3) is 10.9 Å². The van der Waals surface area contributed by atoms with Gasteiger partial charge in [-0.05, 0) is 119 Å². The maximum absolute atomic E-state index is 14.3. The molecule has 0 bridgehead atoms. The van der Waals surface area contributed by atoms with Crippen molar-refractivity contribution < 1.29 is 58.2 Å². The van der Waals surface area contributed by atoms with E-state index < -0.39 is 138 Å². The first-order valence-corrected chi connectivity index (χ1v) is 30.3. The van der Waals surface area contributed by atoms with E-state index in [0.29, 0.717) is 88.7 Å². The summed E-state index contributed by atoms with van der Waals surface area (Å²) in [6.07, 6.45) is 8.05. The number of aliphatic hydroxyl groups is 1. The van der Waals surface area contributed by atoms with Crippen molar-refractivity contribution in [3.8, 4) is 0 Å². The highest BCUT2D eigenvalue weighted by Gasteiger charge is 2.37. The summed E-state index contributed by atoms with van der Waals surface area (Å²) >= 11 is 1.41. The molecule has 0 unspecified atom stereocenters. The number of carbonyl (C=O) groups excluding carboxylic acids is 9. The minimum atomic E-state index is -1.68. The van der Waals surface area contributed by atoms with Crippen LogP contribution in [0.5, 0.6) is 0 Å². The summed E-state index contributed by atoms with van der Waals surface area (Å²) in [5.41, 5.74) is 24.5. The minimum absolute atomic E-state index is 0.0883. The number of aliphatic carboxylic acids is 1. The van der Waals surface area contributed by atoms with E-state index in [1.807, 2.05) is 19.2 Å². The maximum atomic E-state index is 14.3. The van der Waals surface area contributed by atoms with Gasteiger partial charge in [0, 0.05) is 23.5 Å². The van der Waals surface area contributed by atoms with Crippen molar-refractivity contribution in [2.24, 2.45) is 40.7 Å². The summed E-state index contributed by atoms with van der Waals surface area (Å²) in [6.45, 7) is 9.82. The van der Waals surface area contributed by atoms with Crippen molar-refractivity contribution in [2.75, 3.05) is 44.8 Å². The van der Waals surface area contributed by atoms with Gasteiger partial charge in [-0.2, -0.15) is 11.8 Å². The van der Waals surface area contributed by atoms with Crippen LogP contribution in [0.3, 0.4) is 0 Å². The van der Waals surface area contributed by atoms with E-state index >= 15 is 0 Å². The second kappa shape index (κ2) is 39.2. The zero-order valence-corrected chi connectivity index (χ0v) is 50.3. The molecule has 0 aliphatic carbocycles. The summed E-state index contributed by atoms with van der Waals surface area (Å²) in [4.78, 5) is 140. The lowest BCUT2D eigenvalue weighted by atomic mass is 9.96. The molecular weight excluding hydrogens is 1090 g/mol. The van der Waals surface area contributed by atoms with E-state index in [2.05, 4.69) is 52.8 Å². The number of nitrogens with two attached hydrogens (primary N) is 4. The third kappa shape index (κ3) is 25.2. The summed E-state index contributed by atoms with van der Waals surface area (Å²) in [6, 6.07) is -3.99. The molecule has 2 rings (SSSR count). The zero-order chi connectivity index (χ0) is 62.2. The molecule has 0 aliphatic heterocycles. The van der Waals surface area contributed by atoms with Crippen molar-refractivity contribution in [3.05, 3.63) is 36.0 Å². The minimum Gasteiger partial charge on any atom is -0.480 e. The number of fused-ring (bicyclic) bond motifs is 1. The molecule has 0 radical (unpaired) electrons. The summed E-state index contributed by atoms with van der Waals surface area (Å²) in [5.74, 6) is -9.20. The van der Waals surface area contributed by atoms with Gasteiger partial charge in [-0.15, -0.1) is 0 Å². The fourth-order valence-electron chi connectivity index (χ4n) is 8.91. The number of rotatable bonds is 42. The lowest BCUT2D eigenvalue weighted by Crippen LogP contribution is -2.62. The van der Waals surface area contributed by atoms with Gasteiger partial charge >= 0.3 is 5.97 Å². The van der Waals surface area contributed by atoms with Crippen molar-refractivity contribution >= 4 is 81.8 Å². The number of carboxylic acids is 1. The lowest BCUT2D eigenvalue weighted by Gasteiger charge is -2.31. The van der Waals surface area contributed by atoms with E-state index in [-0.39, 0.29) is 31.6 Å². The predicted octanol–water partition coefficient (Wildman–Crippen LogP) is -1.00. The molecule has 1 aromatic carbocycles. The number of carbonyl (C=O) groups is 10. The first-order chi connectivity index (χ1) is 39.5. The normalized spacial score (nSPS) is 15.3. The van der Waals surface area contributed by atoms with Crippen LogP contribution >= 0.6 is 11.8 Å². The van der Waals surface area contributed by atoms with Gasteiger partial charge in [0.1, 0.15) is 54.9 Å². The van der Waals surface area contributed by atoms with E-state index in [9.17, 15) is 58.2 Å². The number of aliphatic hydroxyl groups excluding tert-OH is 1. The third-order valence-electron chi connectivity index (χ3n) is 14.5. The Labute approximate surface area is 491 Å². The number of nitrogens with one attached hydrogen (secondary N) is 10. The molecule has 1 aromatic heterocycles. The van der Waals surface area contributed by atoms with Gasteiger partial charge in [0.05, 0.1) is 12.6 Å². The number of para-hydroxylation sites is 1. The largest absolute Gasteiger partial charge is 0.480 e. The molecule has 0 fully saturated rings. The van der Waals surface area contributed by atoms with Crippen LogP contribution in [0.4, 0.5) is 0 Å². The Morgan fingerprint density at radius 3 is 1.49 bits per heavy atom. The molecule has 1 heterocycles. The number of H-pyrrole nitrogens is 1.